The van der Waals surface area contributed by atoms with Crippen LogP contribution < -0.4 is 9.47 Å². The van der Waals surface area contributed by atoms with Gasteiger partial charge in [0.05, 0.1) is 11.6 Å². The molecule has 0 spiro atoms. The fraction of sp³-hybridized carbons (Fsp3) is 0.143. The van der Waals surface area contributed by atoms with Gasteiger partial charge in [0.2, 0.25) is 0 Å². The van der Waals surface area contributed by atoms with E-state index in [4.69, 9.17) is 14.6 Å². The van der Waals surface area contributed by atoms with Gasteiger partial charge in [0.25, 0.3) is 0 Å². The molecule has 0 radical (unpaired) electrons. The summed E-state index contributed by atoms with van der Waals surface area (Å²) < 4.78 is 11.4. The quantitative estimate of drug-likeness (QED) is 0.922. The van der Waals surface area contributed by atoms with Crippen molar-refractivity contribution < 1.29 is 19.4 Å². The lowest BCUT2D eigenvalue weighted by Crippen LogP contribution is -2.02. The lowest BCUT2D eigenvalue weighted by Gasteiger charge is -2.11. The molecule has 1 N–H and O–H groups in total. The number of benzene rings is 1. The normalized spacial score (nSPS) is 10.2. The summed E-state index contributed by atoms with van der Waals surface area (Å²) in [6, 6.07) is 6.75. The van der Waals surface area contributed by atoms with Crippen molar-refractivity contribution in [1.82, 2.24) is 4.98 Å². The second-order valence-corrected chi connectivity index (χ2v) is 4.88. The first-order valence-electron chi connectivity index (χ1n) is 5.72. The van der Waals surface area contributed by atoms with Crippen molar-refractivity contribution in [1.29, 1.82) is 0 Å². The summed E-state index contributed by atoms with van der Waals surface area (Å²) in [7, 11) is 1.57. The van der Waals surface area contributed by atoms with Crippen LogP contribution in [0.5, 0.6) is 17.2 Å². The minimum atomic E-state index is -1.09. The first kappa shape index (κ1) is 14.3. The van der Waals surface area contributed by atoms with E-state index in [1.807, 2.05) is 0 Å². The Kier molecular flexibility index (Phi) is 4.24. The largest absolute Gasteiger partial charge is 0.497 e. The van der Waals surface area contributed by atoms with Gasteiger partial charge in [-0.25, -0.2) is 4.79 Å². The number of aromatic nitrogens is 1. The minimum absolute atomic E-state index is 0.0123. The average Bonchev–Trinajstić information content (AvgIpc) is 2.40. The van der Waals surface area contributed by atoms with Crippen molar-refractivity contribution in [2.75, 3.05) is 7.11 Å². The van der Waals surface area contributed by atoms with Crippen LogP contribution in [-0.4, -0.2) is 23.2 Å². The maximum Gasteiger partial charge on any atom is 0.341 e. The number of hydrogen-bond donors (Lipinski definition) is 1. The van der Waals surface area contributed by atoms with Gasteiger partial charge in [-0.05, 0) is 41.1 Å². The van der Waals surface area contributed by atoms with Crippen LogP contribution in [0.25, 0.3) is 0 Å². The number of rotatable bonds is 4. The molecule has 0 amide bonds. The van der Waals surface area contributed by atoms with Crippen LogP contribution in [0.1, 0.15) is 16.1 Å². The van der Waals surface area contributed by atoms with Gasteiger partial charge in [-0.1, -0.05) is 0 Å². The third-order valence-electron chi connectivity index (χ3n) is 2.59. The van der Waals surface area contributed by atoms with E-state index in [0.29, 0.717) is 21.7 Å². The number of pyridine rings is 1. The van der Waals surface area contributed by atoms with Crippen molar-refractivity contribution in [2.45, 2.75) is 6.92 Å². The average molecular weight is 338 g/mol. The van der Waals surface area contributed by atoms with Crippen LogP contribution >= 0.6 is 15.9 Å². The third kappa shape index (κ3) is 3.08. The Bertz CT molecular complexity index is 658. The molecule has 0 aliphatic heterocycles. The molecule has 104 valence electrons. The topological polar surface area (TPSA) is 68.7 Å². The monoisotopic (exact) mass is 337 g/mol. The fourth-order valence-corrected chi connectivity index (χ4v) is 2.03. The van der Waals surface area contributed by atoms with E-state index in [1.54, 1.807) is 38.3 Å². The number of carbonyl (C=O) groups is 1. The van der Waals surface area contributed by atoms with Crippen LogP contribution in [0, 0.1) is 6.92 Å². The van der Waals surface area contributed by atoms with Crippen LogP contribution in [-0.2, 0) is 0 Å². The standard InChI is InChI=1S/C14H12BrNO4/c1-8-5-13(10(7-16-8)14(17)18)20-12-4-3-9(19-2)6-11(12)15/h3-7H,1-2H3,(H,17,18). The number of nitrogens with zero attached hydrogens (tertiary/aromatic N) is 1. The van der Waals surface area contributed by atoms with Crippen LogP contribution in [0.3, 0.4) is 0 Å². The SMILES string of the molecule is COc1ccc(Oc2cc(C)ncc2C(=O)O)c(Br)c1. The van der Waals surface area contributed by atoms with E-state index in [1.165, 1.54) is 6.20 Å². The molecule has 1 aromatic carbocycles. The molecule has 0 saturated carbocycles. The van der Waals surface area contributed by atoms with Crippen molar-refractivity contribution >= 4 is 21.9 Å². The second-order valence-electron chi connectivity index (χ2n) is 4.03. The Morgan fingerprint density at radius 2 is 2.05 bits per heavy atom. The Morgan fingerprint density at radius 1 is 1.30 bits per heavy atom. The van der Waals surface area contributed by atoms with E-state index < -0.39 is 5.97 Å². The molecule has 0 aliphatic carbocycles. The minimum Gasteiger partial charge on any atom is -0.497 e. The maximum absolute atomic E-state index is 11.2. The van der Waals surface area contributed by atoms with Gasteiger partial charge < -0.3 is 14.6 Å². The number of methoxy groups -OCH3 is 1. The number of halogens is 1. The van der Waals surface area contributed by atoms with Crippen molar-refractivity contribution in [3.05, 3.63) is 46.2 Å². The molecule has 0 bridgehead atoms. The van der Waals surface area contributed by atoms with Gasteiger partial charge in [-0.15, -0.1) is 0 Å². The molecule has 0 atom stereocenters. The summed E-state index contributed by atoms with van der Waals surface area (Å²) in [6.07, 6.45) is 1.28. The Balaban J connectivity index is 2.39. The molecule has 2 aromatic rings. The smallest absolute Gasteiger partial charge is 0.341 e. The van der Waals surface area contributed by atoms with Gasteiger partial charge >= 0.3 is 5.97 Å². The Hall–Kier alpha value is -2.08. The second kappa shape index (κ2) is 5.92. The molecule has 5 nitrogen and oxygen atoms in total. The van der Waals surface area contributed by atoms with Gasteiger partial charge in [-0.3, -0.25) is 4.98 Å². The molecule has 0 aliphatic rings. The molecular weight excluding hydrogens is 326 g/mol. The highest BCUT2D eigenvalue weighted by molar-refractivity contribution is 9.10. The Morgan fingerprint density at radius 3 is 2.65 bits per heavy atom. The molecule has 2 rings (SSSR count). The number of hydrogen-bond acceptors (Lipinski definition) is 4. The highest BCUT2D eigenvalue weighted by Crippen LogP contribution is 2.34. The van der Waals surface area contributed by atoms with Crippen LogP contribution in [0.4, 0.5) is 0 Å². The van der Waals surface area contributed by atoms with E-state index in [2.05, 4.69) is 20.9 Å². The molecule has 0 unspecified atom stereocenters. The van der Waals surface area contributed by atoms with Gasteiger partial charge in [0, 0.05) is 18.0 Å². The highest BCUT2D eigenvalue weighted by atomic mass is 79.9. The number of aromatic carboxylic acids is 1. The van der Waals surface area contributed by atoms with E-state index >= 15 is 0 Å². The van der Waals surface area contributed by atoms with Gasteiger partial charge in [0.1, 0.15) is 22.8 Å². The zero-order valence-corrected chi connectivity index (χ0v) is 12.5. The summed E-state index contributed by atoms with van der Waals surface area (Å²) >= 11 is 3.36. The molecule has 20 heavy (non-hydrogen) atoms. The highest BCUT2D eigenvalue weighted by Gasteiger charge is 2.14. The molecular formula is C14H12BrNO4. The van der Waals surface area contributed by atoms with Gasteiger partial charge in [-0.2, -0.15) is 0 Å². The lowest BCUT2D eigenvalue weighted by molar-refractivity contribution is 0.0693. The van der Waals surface area contributed by atoms with Crippen LogP contribution in [0.2, 0.25) is 0 Å². The fourth-order valence-electron chi connectivity index (χ4n) is 1.59. The third-order valence-corrected chi connectivity index (χ3v) is 3.21. The first-order chi connectivity index (χ1) is 9.51. The number of carboxylic acid groups (broad SMARTS) is 1. The molecule has 0 saturated heterocycles. The van der Waals surface area contributed by atoms with Crippen molar-refractivity contribution in [3.63, 3.8) is 0 Å². The predicted octanol–water partition coefficient (Wildman–Crippen LogP) is 3.65. The maximum atomic E-state index is 11.2. The lowest BCUT2D eigenvalue weighted by atomic mass is 10.2. The molecule has 1 heterocycles. The zero-order chi connectivity index (χ0) is 14.7. The van der Waals surface area contributed by atoms with E-state index in [0.717, 1.165) is 0 Å². The summed E-state index contributed by atoms with van der Waals surface area (Å²) in [5.41, 5.74) is 0.688. The van der Waals surface area contributed by atoms with E-state index in [9.17, 15) is 4.79 Å². The number of carboxylic acids is 1. The van der Waals surface area contributed by atoms with E-state index in [-0.39, 0.29) is 11.3 Å². The molecule has 0 fully saturated rings. The first-order valence-corrected chi connectivity index (χ1v) is 6.52. The molecule has 6 heteroatoms. The Labute approximate surface area is 124 Å². The molecule has 1 aromatic heterocycles. The predicted molar refractivity (Wildman–Crippen MR) is 76.7 cm³/mol. The van der Waals surface area contributed by atoms with Crippen molar-refractivity contribution in [3.8, 4) is 17.2 Å². The number of ether oxygens (including phenoxy) is 2. The summed E-state index contributed by atoms with van der Waals surface area (Å²) in [6.45, 7) is 1.77. The summed E-state index contributed by atoms with van der Waals surface area (Å²) in [5.74, 6) is 0.334. The van der Waals surface area contributed by atoms with Crippen molar-refractivity contribution in [2.24, 2.45) is 0 Å². The summed E-state index contributed by atoms with van der Waals surface area (Å²) in [5, 5.41) is 9.13. The van der Waals surface area contributed by atoms with Crippen LogP contribution in [0.15, 0.2) is 34.9 Å². The number of aryl methyl sites for hydroxylation is 1. The summed E-state index contributed by atoms with van der Waals surface area (Å²) in [4.78, 5) is 15.1. The zero-order valence-electron chi connectivity index (χ0n) is 10.9. The van der Waals surface area contributed by atoms with Gasteiger partial charge in [0.15, 0.2) is 0 Å².